The average Bonchev–Trinajstić information content (AvgIpc) is 2.63. The predicted octanol–water partition coefficient (Wildman–Crippen LogP) is 0.945. The molecule has 2 heterocycles. The molecule has 6 heteroatoms. The Bertz CT molecular complexity index is 471. The Hall–Kier alpha value is -1.46. The second-order valence-corrected chi connectivity index (χ2v) is 3.50. The smallest absolute Gasteiger partial charge is 0.166 e. The molecule has 1 unspecified atom stereocenters. The van der Waals surface area contributed by atoms with Crippen LogP contribution in [0, 0.1) is 0 Å². The van der Waals surface area contributed by atoms with E-state index in [1.165, 1.54) is 12.5 Å². The van der Waals surface area contributed by atoms with E-state index in [4.69, 9.17) is 11.6 Å². The van der Waals surface area contributed by atoms with Gasteiger partial charge in [0, 0.05) is 13.2 Å². The number of nitrogens with zero attached hydrogens (tertiary/aromatic N) is 4. The molecule has 0 radical (unpaired) electrons. The van der Waals surface area contributed by atoms with E-state index in [1.807, 2.05) is 0 Å². The highest BCUT2D eigenvalue weighted by Gasteiger charge is 2.15. The summed E-state index contributed by atoms with van der Waals surface area (Å²) >= 11 is 5.73. The molecule has 0 aromatic carbocycles. The van der Waals surface area contributed by atoms with Gasteiger partial charge in [-0.2, -0.15) is 0 Å². The molecule has 1 atom stereocenters. The van der Waals surface area contributed by atoms with E-state index in [-0.39, 0.29) is 0 Å². The summed E-state index contributed by atoms with van der Waals surface area (Å²) < 4.78 is 1.65. The van der Waals surface area contributed by atoms with E-state index in [9.17, 15) is 5.11 Å². The molecule has 78 valence electrons. The number of aromatic nitrogens is 4. The van der Waals surface area contributed by atoms with Gasteiger partial charge >= 0.3 is 0 Å². The van der Waals surface area contributed by atoms with Gasteiger partial charge in [0.15, 0.2) is 5.82 Å². The highest BCUT2D eigenvalue weighted by Crippen LogP contribution is 2.20. The Labute approximate surface area is 91.4 Å². The molecule has 0 saturated heterocycles. The van der Waals surface area contributed by atoms with Gasteiger partial charge in [0.1, 0.15) is 17.6 Å². The van der Waals surface area contributed by atoms with Crippen molar-refractivity contribution in [1.29, 1.82) is 0 Å². The number of hydrogen-bond donors (Lipinski definition) is 1. The summed E-state index contributed by atoms with van der Waals surface area (Å²) in [6.07, 6.45) is 2.23. The Morgan fingerprint density at radius 2 is 2.33 bits per heavy atom. The number of hydrogen-bond acceptors (Lipinski definition) is 4. The van der Waals surface area contributed by atoms with Gasteiger partial charge in [-0.05, 0) is 17.7 Å². The number of halogens is 1. The van der Waals surface area contributed by atoms with E-state index in [0.717, 1.165) is 0 Å². The van der Waals surface area contributed by atoms with E-state index in [0.29, 0.717) is 16.5 Å². The van der Waals surface area contributed by atoms with Crippen molar-refractivity contribution >= 4 is 11.6 Å². The van der Waals surface area contributed by atoms with Crippen LogP contribution < -0.4 is 0 Å². The molecule has 0 aliphatic rings. The highest BCUT2D eigenvalue weighted by molar-refractivity contribution is 6.29. The fourth-order valence-electron chi connectivity index (χ4n) is 1.28. The number of aliphatic hydroxyl groups excluding tert-OH is 1. The number of pyridine rings is 1. The minimum atomic E-state index is -0.835. The maximum atomic E-state index is 9.98. The third-order valence-corrected chi connectivity index (χ3v) is 2.26. The van der Waals surface area contributed by atoms with Crippen molar-refractivity contribution in [3.05, 3.63) is 41.2 Å². The first-order chi connectivity index (χ1) is 7.18. The second-order valence-electron chi connectivity index (χ2n) is 3.11. The van der Waals surface area contributed by atoms with Crippen LogP contribution in [0.4, 0.5) is 0 Å². The number of rotatable bonds is 2. The summed E-state index contributed by atoms with van der Waals surface area (Å²) in [7, 11) is 1.77. The maximum absolute atomic E-state index is 9.98. The van der Waals surface area contributed by atoms with Gasteiger partial charge in [-0.3, -0.25) is 0 Å². The topological polar surface area (TPSA) is 63.8 Å². The Balaban J connectivity index is 2.36. The summed E-state index contributed by atoms with van der Waals surface area (Å²) in [4.78, 5) is 3.84. The Morgan fingerprint density at radius 3 is 2.93 bits per heavy atom. The molecule has 0 aliphatic heterocycles. The van der Waals surface area contributed by atoms with Crippen molar-refractivity contribution in [1.82, 2.24) is 19.7 Å². The summed E-state index contributed by atoms with van der Waals surface area (Å²) in [5.74, 6) is 0.470. The molecular formula is C9H9ClN4O. The summed E-state index contributed by atoms with van der Waals surface area (Å²) in [5, 5.41) is 17.8. The van der Waals surface area contributed by atoms with Crippen LogP contribution >= 0.6 is 11.6 Å². The van der Waals surface area contributed by atoms with Gasteiger partial charge in [0.25, 0.3) is 0 Å². The fourth-order valence-corrected chi connectivity index (χ4v) is 1.46. The largest absolute Gasteiger partial charge is 0.380 e. The molecule has 0 spiro atoms. The van der Waals surface area contributed by atoms with Crippen molar-refractivity contribution in [2.45, 2.75) is 6.10 Å². The van der Waals surface area contributed by atoms with Crippen molar-refractivity contribution in [2.75, 3.05) is 0 Å². The standard InChI is InChI=1S/C9H9ClN4O/c1-14-5-12-13-9(14)8(15)6-2-3-11-7(10)4-6/h2-5,8,15H,1H3. The van der Waals surface area contributed by atoms with Crippen molar-refractivity contribution in [2.24, 2.45) is 7.05 Å². The molecule has 5 nitrogen and oxygen atoms in total. The van der Waals surface area contributed by atoms with Gasteiger partial charge in [-0.1, -0.05) is 11.6 Å². The van der Waals surface area contributed by atoms with Crippen LogP contribution in [0.1, 0.15) is 17.5 Å². The molecule has 2 rings (SSSR count). The molecule has 0 aliphatic carbocycles. The van der Waals surface area contributed by atoms with Crippen molar-refractivity contribution in [3.8, 4) is 0 Å². The normalized spacial score (nSPS) is 12.7. The van der Waals surface area contributed by atoms with Crippen LogP contribution in [0.25, 0.3) is 0 Å². The minimum Gasteiger partial charge on any atom is -0.380 e. The molecule has 2 aromatic rings. The maximum Gasteiger partial charge on any atom is 0.166 e. The van der Waals surface area contributed by atoms with Gasteiger partial charge < -0.3 is 9.67 Å². The zero-order valence-corrected chi connectivity index (χ0v) is 8.76. The molecule has 15 heavy (non-hydrogen) atoms. The molecule has 0 fully saturated rings. The third kappa shape index (κ3) is 1.98. The lowest BCUT2D eigenvalue weighted by Gasteiger charge is -2.09. The summed E-state index contributed by atoms with van der Waals surface area (Å²) in [6, 6.07) is 3.28. The average molecular weight is 225 g/mol. The van der Waals surface area contributed by atoms with Crippen LogP contribution in [-0.2, 0) is 7.05 Å². The first-order valence-electron chi connectivity index (χ1n) is 4.32. The van der Waals surface area contributed by atoms with E-state index in [2.05, 4.69) is 15.2 Å². The van der Waals surface area contributed by atoms with Gasteiger partial charge in [-0.15, -0.1) is 10.2 Å². The zero-order chi connectivity index (χ0) is 10.8. The summed E-state index contributed by atoms with van der Waals surface area (Å²) in [6.45, 7) is 0. The van der Waals surface area contributed by atoms with Gasteiger partial charge in [0.05, 0.1) is 0 Å². The SMILES string of the molecule is Cn1cnnc1C(O)c1ccnc(Cl)c1. The second kappa shape index (κ2) is 3.96. The molecule has 1 N–H and O–H groups in total. The first kappa shape index (κ1) is 10.1. The Kier molecular flexibility index (Phi) is 2.66. The van der Waals surface area contributed by atoms with Crippen LogP contribution in [0.5, 0.6) is 0 Å². The quantitative estimate of drug-likeness (QED) is 0.772. The molecule has 0 bridgehead atoms. The molecule has 0 saturated carbocycles. The predicted molar refractivity (Wildman–Crippen MR) is 54.3 cm³/mol. The monoisotopic (exact) mass is 224 g/mol. The van der Waals surface area contributed by atoms with Crippen molar-refractivity contribution < 1.29 is 5.11 Å². The molecule has 0 amide bonds. The van der Waals surface area contributed by atoms with E-state index < -0.39 is 6.10 Å². The van der Waals surface area contributed by atoms with E-state index in [1.54, 1.807) is 23.7 Å². The number of aryl methyl sites for hydroxylation is 1. The van der Waals surface area contributed by atoms with Crippen molar-refractivity contribution in [3.63, 3.8) is 0 Å². The van der Waals surface area contributed by atoms with Crippen LogP contribution in [0.2, 0.25) is 5.15 Å². The number of aliphatic hydroxyl groups is 1. The molecule has 2 aromatic heterocycles. The third-order valence-electron chi connectivity index (χ3n) is 2.06. The lowest BCUT2D eigenvalue weighted by molar-refractivity contribution is 0.205. The zero-order valence-electron chi connectivity index (χ0n) is 8.00. The van der Waals surface area contributed by atoms with Crippen LogP contribution in [0.3, 0.4) is 0 Å². The van der Waals surface area contributed by atoms with Crippen LogP contribution in [0.15, 0.2) is 24.7 Å². The minimum absolute atomic E-state index is 0.341. The lowest BCUT2D eigenvalue weighted by atomic mass is 10.1. The fraction of sp³-hybridized carbons (Fsp3) is 0.222. The van der Waals surface area contributed by atoms with Crippen LogP contribution in [-0.4, -0.2) is 24.9 Å². The van der Waals surface area contributed by atoms with Gasteiger partial charge in [-0.25, -0.2) is 4.98 Å². The van der Waals surface area contributed by atoms with Gasteiger partial charge in [0.2, 0.25) is 0 Å². The molecular weight excluding hydrogens is 216 g/mol. The van der Waals surface area contributed by atoms with E-state index >= 15 is 0 Å². The lowest BCUT2D eigenvalue weighted by Crippen LogP contribution is -2.07. The summed E-state index contributed by atoms with van der Waals surface area (Å²) in [5.41, 5.74) is 0.645. The Morgan fingerprint density at radius 1 is 1.53 bits per heavy atom. The first-order valence-corrected chi connectivity index (χ1v) is 4.69. The highest BCUT2D eigenvalue weighted by atomic mass is 35.5.